The van der Waals surface area contributed by atoms with Gasteiger partial charge in [-0.3, -0.25) is 4.79 Å². The predicted octanol–water partition coefficient (Wildman–Crippen LogP) is 6.91. The number of fused-ring (bicyclic) bond motifs is 1. The molecule has 0 radical (unpaired) electrons. The van der Waals surface area contributed by atoms with Crippen LogP contribution in [-0.2, 0) is 13.0 Å². The zero-order chi connectivity index (χ0) is 29.9. The van der Waals surface area contributed by atoms with Crippen LogP contribution in [-0.4, -0.2) is 44.3 Å². The molecular formula is C35H49N3O4. The number of carbonyl (C=O) groups is 1. The fraction of sp³-hybridized carbons (Fsp3) is 0.543. The standard InChI is InChI=1S/C35H49N3O4/c1-4-6-7-11-22-42-32-19-14-26(23-25(32)3)24-38-33-30(37-35(38)36-29-12-9-8-10-13-29)17-15-28(20-21-39)34(41)27(5-2)16-18-31(33)40/h4,6-7,11,14,19,22-23,27-29,34,39,41H,1,5,8-10,12-13,15-18,20-21,24H2,2-3H3,(H,36,37)/b7-6-,22-11+. The minimum Gasteiger partial charge on any atom is -0.465 e. The molecular weight excluding hydrogens is 526 g/mol. The summed E-state index contributed by atoms with van der Waals surface area (Å²) in [7, 11) is 0. The van der Waals surface area contributed by atoms with E-state index < -0.39 is 6.10 Å². The summed E-state index contributed by atoms with van der Waals surface area (Å²) in [6.45, 7) is 8.35. The molecule has 1 saturated carbocycles. The van der Waals surface area contributed by atoms with Gasteiger partial charge in [0.25, 0.3) is 0 Å². The van der Waals surface area contributed by atoms with Crippen molar-refractivity contribution >= 4 is 11.7 Å². The van der Waals surface area contributed by atoms with Crippen molar-refractivity contribution < 1.29 is 19.7 Å². The molecule has 42 heavy (non-hydrogen) atoms. The van der Waals surface area contributed by atoms with E-state index in [0.717, 1.165) is 47.8 Å². The van der Waals surface area contributed by atoms with Crippen LogP contribution in [0.15, 0.2) is 55.3 Å². The fourth-order valence-corrected chi connectivity index (χ4v) is 6.52. The number of allylic oxidation sites excluding steroid dienone is 4. The Morgan fingerprint density at radius 3 is 2.60 bits per heavy atom. The minimum absolute atomic E-state index is 0.0163. The molecule has 2 aromatic rings. The van der Waals surface area contributed by atoms with E-state index in [1.807, 2.05) is 31.2 Å². The van der Waals surface area contributed by atoms with E-state index in [2.05, 4.69) is 35.5 Å². The van der Waals surface area contributed by atoms with Gasteiger partial charge in [-0.15, -0.1) is 0 Å². The third-order valence-corrected chi connectivity index (χ3v) is 8.94. The van der Waals surface area contributed by atoms with Gasteiger partial charge in [0.2, 0.25) is 5.95 Å². The number of ether oxygens (including phenoxy) is 1. The molecule has 0 bridgehead atoms. The monoisotopic (exact) mass is 575 g/mol. The molecule has 2 aliphatic carbocycles. The van der Waals surface area contributed by atoms with E-state index in [1.165, 1.54) is 19.3 Å². The Hall–Kier alpha value is -3.16. The molecule has 0 saturated heterocycles. The molecule has 1 fully saturated rings. The summed E-state index contributed by atoms with van der Waals surface area (Å²) in [6, 6.07) is 6.49. The summed E-state index contributed by atoms with van der Waals surface area (Å²) >= 11 is 0. The zero-order valence-electron chi connectivity index (χ0n) is 25.4. The normalized spacial score (nSPS) is 22.4. The van der Waals surface area contributed by atoms with Crippen LogP contribution >= 0.6 is 0 Å². The van der Waals surface area contributed by atoms with Crippen LogP contribution in [0.2, 0.25) is 0 Å². The molecule has 1 aromatic heterocycles. The third-order valence-electron chi connectivity index (χ3n) is 8.94. The van der Waals surface area contributed by atoms with Crippen molar-refractivity contribution in [1.82, 2.24) is 9.55 Å². The highest BCUT2D eigenvalue weighted by atomic mass is 16.5. The van der Waals surface area contributed by atoms with Crippen LogP contribution < -0.4 is 10.1 Å². The Kier molecular flexibility index (Phi) is 12.0. The highest BCUT2D eigenvalue weighted by Crippen LogP contribution is 2.33. The molecule has 2 aliphatic rings. The number of anilines is 1. The Labute approximate surface area is 251 Å². The summed E-state index contributed by atoms with van der Waals surface area (Å²) in [5.41, 5.74) is 3.59. The summed E-state index contributed by atoms with van der Waals surface area (Å²) in [5, 5.41) is 24.6. The summed E-state index contributed by atoms with van der Waals surface area (Å²) < 4.78 is 7.93. The number of aromatic nitrogens is 2. The average Bonchev–Trinajstić information content (AvgIpc) is 3.32. The third kappa shape index (κ3) is 8.23. The van der Waals surface area contributed by atoms with Crippen molar-refractivity contribution in [3.8, 4) is 5.75 Å². The van der Waals surface area contributed by atoms with Crippen LogP contribution in [0.5, 0.6) is 5.75 Å². The lowest BCUT2D eigenvalue weighted by Gasteiger charge is -2.30. The zero-order valence-corrected chi connectivity index (χ0v) is 25.4. The van der Waals surface area contributed by atoms with Gasteiger partial charge < -0.3 is 24.8 Å². The number of nitrogens with one attached hydrogen (secondary N) is 1. The maximum absolute atomic E-state index is 13.9. The quantitative estimate of drug-likeness (QED) is 0.199. The van der Waals surface area contributed by atoms with Crippen LogP contribution in [0.4, 0.5) is 5.95 Å². The van der Waals surface area contributed by atoms with Crippen LogP contribution in [0, 0.1) is 18.8 Å². The fourth-order valence-electron chi connectivity index (χ4n) is 6.52. The molecule has 0 aliphatic heterocycles. The lowest BCUT2D eigenvalue weighted by Crippen LogP contribution is -2.31. The Morgan fingerprint density at radius 1 is 1.10 bits per heavy atom. The number of hydrogen-bond acceptors (Lipinski definition) is 6. The molecule has 7 heteroatoms. The molecule has 0 spiro atoms. The Balaban J connectivity index is 1.67. The molecule has 228 valence electrons. The number of nitrogens with zero attached hydrogens (tertiary/aromatic N) is 2. The Bertz CT molecular complexity index is 1240. The number of aryl methyl sites for hydroxylation is 2. The topological polar surface area (TPSA) is 96.6 Å². The van der Waals surface area contributed by atoms with Gasteiger partial charge in [-0.25, -0.2) is 4.98 Å². The number of Topliss-reactive ketones (excluding diaryl/α,β-unsaturated/α-hetero) is 1. The number of carbonyl (C=O) groups excluding carboxylic acids is 1. The highest BCUT2D eigenvalue weighted by Gasteiger charge is 2.32. The van der Waals surface area contributed by atoms with E-state index in [1.54, 1.807) is 12.3 Å². The number of imidazole rings is 1. The summed E-state index contributed by atoms with van der Waals surface area (Å²) in [6.07, 6.45) is 17.9. The van der Waals surface area contributed by atoms with Gasteiger partial charge >= 0.3 is 0 Å². The van der Waals surface area contributed by atoms with Gasteiger partial charge in [-0.2, -0.15) is 0 Å². The van der Waals surface area contributed by atoms with Crippen molar-refractivity contribution in [3.63, 3.8) is 0 Å². The first-order valence-corrected chi connectivity index (χ1v) is 15.8. The van der Waals surface area contributed by atoms with Gasteiger partial charge in [-0.05, 0) is 80.6 Å². The van der Waals surface area contributed by atoms with E-state index in [9.17, 15) is 15.0 Å². The molecule has 4 rings (SSSR count). The minimum atomic E-state index is -0.519. The molecule has 3 atom stereocenters. The van der Waals surface area contributed by atoms with E-state index >= 15 is 0 Å². The van der Waals surface area contributed by atoms with Gasteiger partial charge in [-0.1, -0.05) is 69.5 Å². The second kappa shape index (κ2) is 15.9. The highest BCUT2D eigenvalue weighted by molar-refractivity contribution is 5.96. The first kappa shape index (κ1) is 31.8. The lowest BCUT2D eigenvalue weighted by atomic mass is 9.80. The number of rotatable bonds is 11. The SMILES string of the molecule is C=C/C=C\C=C\Oc1ccc(Cn2c(NC3CCCCC3)nc3c2C(=O)CCC(CC)C(O)C(CCO)CC3)cc1C. The summed E-state index contributed by atoms with van der Waals surface area (Å²) in [5.74, 6) is 1.67. The van der Waals surface area contributed by atoms with Gasteiger partial charge in [0.1, 0.15) is 11.4 Å². The van der Waals surface area contributed by atoms with Crippen molar-refractivity contribution in [2.24, 2.45) is 11.8 Å². The molecule has 0 amide bonds. The first-order chi connectivity index (χ1) is 20.4. The van der Waals surface area contributed by atoms with Crippen LogP contribution in [0.25, 0.3) is 0 Å². The molecule has 3 N–H and O–H groups in total. The first-order valence-electron chi connectivity index (χ1n) is 15.8. The maximum atomic E-state index is 13.9. The smallest absolute Gasteiger partial charge is 0.204 e. The van der Waals surface area contributed by atoms with Crippen molar-refractivity contribution in [3.05, 3.63) is 77.9 Å². The van der Waals surface area contributed by atoms with Crippen molar-refractivity contribution in [2.45, 2.75) is 103 Å². The number of ketones is 1. The lowest BCUT2D eigenvalue weighted by molar-refractivity contribution is 0.0280. The van der Waals surface area contributed by atoms with E-state index in [4.69, 9.17) is 9.72 Å². The molecule has 7 nitrogen and oxygen atoms in total. The van der Waals surface area contributed by atoms with Gasteiger partial charge in [0.05, 0.1) is 24.6 Å². The number of hydrogen-bond donors (Lipinski definition) is 3. The predicted molar refractivity (Wildman–Crippen MR) is 169 cm³/mol. The number of aliphatic hydroxyl groups excluding tert-OH is 2. The maximum Gasteiger partial charge on any atom is 0.204 e. The van der Waals surface area contributed by atoms with Crippen molar-refractivity contribution in [1.29, 1.82) is 0 Å². The molecule has 1 heterocycles. The van der Waals surface area contributed by atoms with Gasteiger partial charge in [0.15, 0.2) is 5.78 Å². The Morgan fingerprint density at radius 2 is 1.88 bits per heavy atom. The molecule has 3 unspecified atom stereocenters. The number of benzene rings is 1. The van der Waals surface area contributed by atoms with E-state index in [0.29, 0.717) is 50.4 Å². The largest absolute Gasteiger partial charge is 0.465 e. The van der Waals surface area contributed by atoms with Crippen LogP contribution in [0.3, 0.4) is 0 Å². The van der Waals surface area contributed by atoms with E-state index in [-0.39, 0.29) is 24.2 Å². The number of aliphatic hydroxyl groups is 2. The second-order valence-electron chi connectivity index (χ2n) is 11.9. The molecule has 1 aromatic carbocycles. The van der Waals surface area contributed by atoms with Crippen molar-refractivity contribution in [2.75, 3.05) is 11.9 Å². The second-order valence-corrected chi connectivity index (χ2v) is 11.9. The van der Waals surface area contributed by atoms with Crippen LogP contribution in [0.1, 0.15) is 98.4 Å². The van der Waals surface area contributed by atoms with Gasteiger partial charge in [0, 0.05) is 19.1 Å². The average molecular weight is 576 g/mol. The summed E-state index contributed by atoms with van der Waals surface area (Å²) in [4.78, 5) is 18.9.